The van der Waals surface area contributed by atoms with Gasteiger partial charge in [0.25, 0.3) is 5.91 Å². The molecule has 0 spiro atoms. The third kappa shape index (κ3) is 4.68. The summed E-state index contributed by atoms with van der Waals surface area (Å²) in [6.45, 7) is 7.62. The number of piperidine rings is 2. The predicted octanol–water partition coefficient (Wildman–Crippen LogP) is 0.543. The molecule has 1 aromatic carbocycles. The molecule has 3 aliphatic rings. The summed E-state index contributed by atoms with van der Waals surface area (Å²) in [5, 5.41) is 19.0. The number of carbonyl (C=O) groups excluding carboxylic acids is 2. The molecule has 1 aromatic rings. The molecule has 3 saturated heterocycles. The number of nitriles is 1. The van der Waals surface area contributed by atoms with E-state index < -0.39 is 0 Å². The van der Waals surface area contributed by atoms with Crippen molar-refractivity contribution in [3.05, 3.63) is 29.3 Å². The van der Waals surface area contributed by atoms with E-state index in [2.05, 4.69) is 31.8 Å². The van der Waals surface area contributed by atoms with Gasteiger partial charge in [0.1, 0.15) is 6.07 Å². The van der Waals surface area contributed by atoms with Crippen LogP contribution in [0.15, 0.2) is 18.2 Å². The zero-order valence-electron chi connectivity index (χ0n) is 18.4. The maximum Gasteiger partial charge on any atom is 0.251 e. The molecule has 8 heteroatoms. The second-order valence-corrected chi connectivity index (χ2v) is 9.08. The van der Waals surface area contributed by atoms with E-state index in [4.69, 9.17) is 0 Å². The predicted molar refractivity (Wildman–Crippen MR) is 119 cm³/mol. The van der Waals surface area contributed by atoms with Crippen LogP contribution in [-0.4, -0.2) is 75.1 Å². The lowest BCUT2D eigenvalue weighted by Crippen LogP contribution is -2.62. The number of nitrogens with one attached hydrogen (secondary N) is 3. The van der Waals surface area contributed by atoms with E-state index in [9.17, 15) is 14.9 Å². The molecule has 3 N–H and O–H groups in total. The van der Waals surface area contributed by atoms with Crippen molar-refractivity contribution in [2.45, 2.75) is 31.8 Å². The number of hydrogen-bond donors (Lipinski definition) is 3. The summed E-state index contributed by atoms with van der Waals surface area (Å²) in [6, 6.07) is 8.24. The highest BCUT2D eigenvalue weighted by molar-refractivity contribution is 5.95. The Kier molecular flexibility index (Phi) is 6.44. The Hall–Kier alpha value is -2.63. The largest absolute Gasteiger partial charge is 0.368 e. The van der Waals surface area contributed by atoms with Gasteiger partial charge in [-0.2, -0.15) is 5.26 Å². The fraction of sp³-hybridized carbons (Fsp3) is 0.609. The lowest BCUT2D eigenvalue weighted by molar-refractivity contribution is -0.128. The highest BCUT2D eigenvalue weighted by atomic mass is 16.2. The van der Waals surface area contributed by atoms with Gasteiger partial charge in [-0.25, -0.2) is 0 Å². The van der Waals surface area contributed by atoms with Crippen molar-refractivity contribution in [3.8, 4) is 6.07 Å². The molecular formula is C23H32N6O2. The molecule has 0 saturated carbocycles. The lowest BCUT2D eigenvalue weighted by Gasteiger charge is -2.44. The number of fused-ring (bicyclic) bond motifs is 1. The maximum atomic E-state index is 12.0. The van der Waals surface area contributed by atoms with Crippen LogP contribution in [0.2, 0.25) is 0 Å². The van der Waals surface area contributed by atoms with E-state index in [1.165, 1.54) is 0 Å². The number of benzene rings is 1. The van der Waals surface area contributed by atoms with Crippen molar-refractivity contribution in [2.24, 2.45) is 11.8 Å². The molecule has 4 rings (SSSR count). The summed E-state index contributed by atoms with van der Waals surface area (Å²) in [5.74, 6) is 0.637. The first-order valence-electron chi connectivity index (χ1n) is 11.3. The molecule has 0 aromatic heterocycles. The smallest absolute Gasteiger partial charge is 0.251 e. The van der Waals surface area contributed by atoms with Gasteiger partial charge < -0.3 is 20.9 Å². The molecule has 0 bridgehead atoms. The van der Waals surface area contributed by atoms with E-state index in [0.717, 1.165) is 57.8 Å². The Morgan fingerprint density at radius 3 is 2.71 bits per heavy atom. The van der Waals surface area contributed by atoms with Gasteiger partial charge in [-0.3, -0.25) is 14.5 Å². The van der Waals surface area contributed by atoms with Crippen LogP contribution in [0, 0.1) is 23.2 Å². The zero-order valence-corrected chi connectivity index (χ0v) is 18.4. The third-order valence-electron chi connectivity index (χ3n) is 6.96. The summed E-state index contributed by atoms with van der Waals surface area (Å²) < 4.78 is 0. The van der Waals surface area contributed by atoms with Gasteiger partial charge in [0.2, 0.25) is 5.91 Å². The van der Waals surface area contributed by atoms with Crippen LogP contribution in [0.3, 0.4) is 0 Å². The quantitative estimate of drug-likeness (QED) is 0.653. The second kappa shape index (κ2) is 9.25. The summed E-state index contributed by atoms with van der Waals surface area (Å²) in [5.41, 5.74) is 1.95. The van der Waals surface area contributed by atoms with E-state index >= 15 is 0 Å². The van der Waals surface area contributed by atoms with Crippen LogP contribution in [0.1, 0.15) is 35.7 Å². The second-order valence-electron chi connectivity index (χ2n) is 9.08. The number of anilines is 1. The van der Waals surface area contributed by atoms with E-state index in [0.29, 0.717) is 23.1 Å². The Balaban J connectivity index is 1.31. The van der Waals surface area contributed by atoms with Gasteiger partial charge in [0, 0.05) is 63.3 Å². The van der Waals surface area contributed by atoms with Crippen LogP contribution < -0.4 is 20.9 Å². The van der Waals surface area contributed by atoms with Crippen molar-refractivity contribution >= 4 is 17.5 Å². The normalized spacial score (nSPS) is 28.9. The van der Waals surface area contributed by atoms with Crippen LogP contribution in [0.4, 0.5) is 5.69 Å². The van der Waals surface area contributed by atoms with Gasteiger partial charge in [-0.1, -0.05) is 6.92 Å². The topological polar surface area (TPSA) is 100 Å². The summed E-state index contributed by atoms with van der Waals surface area (Å²) in [4.78, 5) is 28.6. The number of nitrogens with zero attached hydrogens (tertiary/aromatic N) is 3. The molecule has 2 amide bonds. The average Bonchev–Trinajstić information content (AvgIpc) is 2.79. The molecule has 4 atom stereocenters. The minimum absolute atomic E-state index is 0.0992. The highest BCUT2D eigenvalue weighted by Crippen LogP contribution is 2.26. The number of amides is 2. The van der Waals surface area contributed by atoms with Gasteiger partial charge in [-0.05, 0) is 43.5 Å². The number of hydrogen-bond acceptors (Lipinski definition) is 6. The van der Waals surface area contributed by atoms with Crippen LogP contribution in [-0.2, 0) is 4.79 Å². The molecule has 0 radical (unpaired) electrons. The average molecular weight is 425 g/mol. The minimum atomic E-state index is -0.181. The van der Waals surface area contributed by atoms with Gasteiger partial charge in [-0.15, -0.1) is 0 Å². The molecule has 4 unspecified atom stereocenters. The molecular weight excluding hydrogens is 392 g/mol. The van der Waals surface area contributed by atoms with Gasteiger partial charge >= 0.3 is 0 Å². The SMILES string of the molecule is CNC(=O)c1ccc(N2CCN(CC3CNC4CC(C)C(=O)NC4C3)CC2)c(C#N)c1. The first-order chi connectivity index (χ1) is 15.0. The molecule has 8 nitrogen and oxygen atoms in total. The van der Waals surface area contributed by atoms with Crippen LogP contribution >= 0.6 is 0 Å². The molecule has 31 heavy (non-hydrogen) atoms. The maximum absolute atomic E-state index is 12.0. The highest BCUT2D eigenvalue weighted by Gasteiger charge is 2.38. The van der Waals surface area contributed by atoms with E-state index in [1.54, 1.807) is 19.2 Å². The first-order valence-corrected chi connectivity index (χ1v) is 11.3. The molecule has 3 heterocycles. The van der Waals surface area contributed by atoms with E-state index in [1.807, 2.05) is 13.0 Å². The van der Waals surface area contributed by atoms with Crippen molar-refractivity contribution in [2.75, 3.05) is 51.2 Å². The van der Waals surface area contributed by atoms with Crippen molar-refractivity contribution in [3.63, 3.8) is 0 Å². The Bertz CT molecular complexity index is 873. The number of carbonyl (C=O) groups is 2. The van der Waals surface area contributed by atoms with E-state index in [-0.39, 0.29) is 23.8 Å². The lowest BCUT2D eigenvalue weighted by atomic mass is 9.82. The van der Waals surface area contributed by atoms with Gasteiger partial charge in [0.05, 0.1) is 11.3 Å². The Morgan fingerprint density at radius 2 is 2.00 bits per heavy atom. The summed E-state index contributed by atoms with van der Waals surface area (Å²) in [7, 11) is 1.59. The standard InChI is InChI=1S/C23H32N6O2/c1-15-9-19-20(27-22(15)30)10-16(13-26-19)14-28-5-7-29(8-6-28)21-4-3-17(23(31)25-2)11-18(21)12-24/h3-4,11,15-16,19-20,26H,5-10,13-14H2,1-2H3,(H,25,31)(H,27,30). The first kappa shape index (κ1) is 21.6. The Morgan fingerprint density at radius 1 is 1.23 bits per heavy atom. The summed E-state index contributed by atoms with van der Waals surface area (Å²) >= 11 is 0. The molecule has 166 valence electrons. The summed E-state index contributed by atoms with van der Waals surface area (Å²) in [6.07, 6.45) is 1.97. The van der Waals surface area contributed by atoms with Crippen molar-refractivity contribution < 1.29 is 9.59 Å². The molecule has 3 aliphatic heterocycles. The van der Waals surface area contributed by atoms with Crippen LogP contribution in [0.25, 0.3) is 0 Å². The Labute approximate surface area is 184 Å². The van der Waals surface area contributed by atoms with Crippen LogP contribution in [0.5, 0.6) is 0 Å². The fourth-order valence-electron chi connectivity index (χ4n) is 5.15. The number of rotatable bonds is 4. The van der Waals surface area contributed by atoms with Crippen molar-refractivity contribution in [1.82, 2.24) is 20.9 Å². The minimum Gasteiger partial charge on any atom is -0.368 e. The van der Waals surface area contributed by atoms with Gasteiger partial charge in [0.15, 0.2) is 0 Å². The third-order valence-corrected chi connectivity index (χ3v) is 6.96. The number of piperazine rings is 1. The molecule has 0 aliphatic carbocycles. The van der Waals surface area contributed by atoms with Crippen molar-refractivity contribution in [1.29, 1.82) is 5.26 Å². The fourth-order valence-corrected chi connectivity index (χ4v) is 5.15. The monoisotopic (exact) mass is 424 g/mol. The molecule has 3 fully saturated rings. The zero-order chi connectivity index (χ0) is 22.0.